The number of aryl methyl sites for hydroxylation is 2. The van der Waals surface area contributed by atoms with Crippen molar-refractivity contribution in [1.82, 2.24) is 20.0 Å². The number of nitrogens with one attached hydrogen (secondary N) is 1. The van der Waals surface area contributed by atoms with Crippen LogP contribution in [0.2, 0.25) is 0 Å². The maximum atomic E-state index is 5.52. The van der Waals surface area contributed by atoms with Crippen molar-refractivity contribution < 1.29 is 4.74 Å². The summed E-state index contributed by atoms with van der Waals surface area (Å²) in [5, 5.41) is 7.67. The molecule has 7 nitrogen and oxygen atoms in total. The average molecular weight is 512 g/mol. The molecule has 0 radical (unpaired) electrons. The van der Waals surface area contributed by atoms with Gasteiger partial charge < -0.3 is 19.9 Å². The van der Waals surface area contributed by atoms with E-state index in [4.69, 9.17) is 9.73 Å². The first-order valence-corrected chi connectivity index (χ1v) is 10.1. The van der Waals surface area contributed by atoms with E-state index in [9.17, 15) is 0 Å². The molecular weight excluding hydrogens is 479 g/mol. The Labute approximate surface area is 191 Å². The zero-order valence-corrected chi connectivity index (χ0v) is 20.0. The van der Waals surface area contributed by atoms with Crippen LogP contribution in [0, 0.1) is 0 Å². The minimum Gasteiger partial charge on any atom is -0.495 e. The Hall–Kier alpha value is -1.97. The molecular formula is C21H33IN6O. The predicted octanol–water partition coefficient (Wildman–Crippen LogP) is 2.77. The van der Waals surface area contributed by atoms with Gasteiger partial charge in [-0.3, -0.25) is 9.67 Å². The lowest BCUT2D eigenvalue weighted by molar-refractivity contribution is 0.367. The number of hydrogen-bond donors (Lipinski definition) is 1. The Morgan fingerprint density at radius 2 is 1.97 bits per heavy atom. The van der Waals surface area contributed by atoms with Crippen LogP contribution >= 0.6 is 24.0 Å². The Bertz CT molecular complexity index is 770. The summed E-state index contributed by atoms with van der Waals surface area (Å²) in [5.41, 5.74) is 2.44. The molecule has 0 spiro atoms. The van der Waals surface area contributed by atoms with Crippen molar-refractivity contribution in [2.45, 2.75) is 19.8 Å². The van der Waals surface area contributed by atoms with Crippen molar-refractivity contribution in [3.8, 4) is 5.75 Å². The van der Waals surface area contributed by atoms with Crippen LogP contribution in [0.4, 0.5) is 5.69 Å². The minimum atomic E-state index is 0. The fourth-order valence-electron chi connectivity index (χ4n) is 3.55. The number of halogens is 1. The van der Waals surface area contributed by atoms with Gasteiger partial charge in [0.05, 0.1) is 19.0 Å². The standard InChI is InChI=1S/C21H32N6O.HI/c1-4-22-21(23-11-7-8-18-16-24-25(2)17-18)27-14-12-26(13-15-27)19-9-5-6-10-20(19)28-3;/h5-6,9-10,16-17H,4,7-8,11-15H2,1-3H3,(H,22,23);1H. The normalized spacial score (nSPS) is 14.5. The van der Waals surface area contributed by atoms with Gasteiger partial charge in [-0.15, -0.1) is 24.0 Å². The van der Waals surface area contributed by atoms with E-state index in [1.54, 1.807) is 7.11 Å². The number of guanidine groups is 1. The lowest BCUT2D eigenvalue weighted by Gasteiger charge is -2.38. The number of hydrogen-bond acceptors (Lipinski definition) is 4. The molecule has 1 saturated heterocycles. The molecule has 0 unspecified atom stereocenters. The fraction of sp³-hybridized carbons (Fsp3) is 0.524. The third kappa shape index (κ3) is 6.52. The Morgan fingerprint density at radius 1 is 1.21 bits per heavy atom. The fourth-order valence-corrected chi connectivity index (χ4v) is 3.55. The molecule has 1 fully saturated rings. The second-order valence-corrected chi connectivity index (χ2v) is 7.01. The molecule has 1 aliphatic rings. The monoisotopic (exact) mass is 512 g/mol. The summed E-state index contributed by atoms with van der Waals surface area (Å²) in [6, 6.07) is 8.24. The van der Waals surface area contributed by atoms with Crippen molar-refractivity contribution in [3.63, 3.8) is 0 Å². The van der Waals surface area contributed by atoms with E-state index in [1.165, 1.54) is 11.3 Å². The number of rotatable bonds is 7. The summed E-state index contributed by atoms with van der Waals surface area (Å²) in [6.07, 6.45) is 6.05. The summed E-state index contributed by atoms with van der Waals surface area (Å²) in [7, 11) is 3.69. The lowest BCUT2D eigenvalue weighted by Crippen LogP contribution is -2.52. The zero-order chi connectivity index (χ0) is 19.8. The van der Waals surface area contributed by atoms with Crippen molar-refractivity contribution in [2.75, 3.05) is 51.3 Å². The number of ether oxygens (including phenoxy) is 1. The van der Waals surface area contributed by atoms with E-state index in [1.807, 2.05) is 30.1 Å². The van der Waals surface area contributed by atoms with Gasteiger partial charge in [0.2, 0.25) is 0 Å². The molecule has 0 saturated carbocycles. The lowest BCUT2D eigenvalue weighted by atomic mass is 10.2. The molecule has 8 heteroatoms. The molecule has 160 valence electrons. The van der Waals surface area contributed by atoms with Gasteiger partial charge in [0.1, 0.15) is 5.75 Å². The number of aliphatic imine (C=N–C) groups is 1. The Morgan fingerprint density at radius 3 is 2.62 bits per heavy atom. The highest BCUT2D eigenvalue weighted by Gasteiger charge is 2.21. The molecule has 1 aromatic heterocycles. The van der Waals surface area contributed by atoms with Crippen LogP contribution in [-0.2, 0) is 13.5 Å². The molecule has 0 amide bonds. The topological polar surface area (TPSA) is 57.9 Å². The van der Waals surface area contributed by atoms with E-state index in [-0.39, 0.29) is 24.0 Å². The van der Waals surface area contributed by atoms with Crippen LogP contribution in [-0.4, -0.2) is 67.0 Å². The van der Waals surface area contributed by atoms with Crippen LogP contribution in [0.1, 0.15) is 18.9 Å². The van der Waals surface area contributed by atoms with Gasteiger partial charge in [-0.1, -0.05) is 12.1 Å². The largest absolute Gasteiger partial charge is 0.495 e. The summed E-state index contributed by atoms with van der Waals surface area (Å²) in [4.78, 5) is 9.60. The number of piperazine rings is 1. The molecule has 29 heavy (non-hydrogen) atoms. The molecule has 1 aliphatic heterocycles. The maximum absolute atomic E-state index is 5.52. The van der Waals surface area contributed by atoms with Gasteiger partial charge in [-0.2, -0.15) is 5.10 Å². The first kappa shape index (κ1) is 23.3. The van der Waals surface area contributed by atoms with Gasteiger partial charge in [0.15, 0.2) is 5.96 Å². The summed E-state index contributed by atoms with van der Waals surface area (Å²) < 4.78 is 7.37. The Kier molecular flexibility index (Phi) is 9.56. The summed E-state index contributed by atoms with van der Waals surface area (Å²) >= 11 is 0. The van der Waals surface area contributed by atoms with E-state index >= 15 is 0 Å². The van der Waals surface area contributed by atoms with Gasteiger partial charge in [0, 0.05) is 52.5 Å². The molecule has 0 bridgehead atoms. The third-order valence-corrected chi connectivity index (χ3v) is 4.98. The number of anilines is 1. The van der Waals surface area contributed by atoms with E-state index < -0.39 is 0 Å². The Balaban J connectivity index is 0.00000300. The molecule has 3 rings (SSSR count). The molecule has 1 N–H and O–H groups in total. The average Bonchev–Trinajstić information content (AvgIpc) is 3.15. The van der Waals surface area contributed by atoms with Crippen LogP contribution in [0.3, 0.4) is 0 Å². The van der Waals surface area contributed by atoms with Gasteiger partial charge in [0.25, 0.3) is 0 Å². The van der Waals surface area contributed by atoms with Crippen molar-refractivity contribution in [3.05, 3.63) is 42.2 Å². The van der Waals surface area contributed by atoms with E-state index in [0.29, 0.717) is 0 Å². The third-order valence-electron chi connectivity index (χ3n) is 4.98. The van der Waals surface area contributed by atoms with Crippen LogP contribution in [0.15, 0.2) is 41.7 Å². The van der Waals surface area contributed by atoms with E-state index in [0.717, 1.165) is 63.8 Å². The summed E-state index contributed by atoms with van der Waals surface area (Å²) in [5.74, 6) is 1.96. The van der Waals surface area contributed by atoms with Crippen molar-refractivity contribution in [1.29, 1.82) is 0 Å². The van der Waals surface area contributed by atoms with Gasteiger partial charge in [-0.25, -0.2) is 0 Å². The molecule has 0 aliphatic carbocycles. The summed E-state index contributed by atoms with van der Waals surface area (Å²) in [6.45, 7) is 7.65. The SMILES string of the molecule is CCNC(=NCCCc1cnn(C)c1)N1CCN(c2ccccc2OC)CC1.I. The molecule has 0 atom stereocenters. The number of para-hydroxylation sites is 2. The highest BCUT2D eigenvalue weighted by Crippen LogP contribution is 2.28. The molecule has 2 aromatic rings. The minimum absolute atomic E-state index is 0. The predicted molar refractivity (Wildman–Crippen MR) is 130 cm³/mol. The first-order chi connectivity index (χ1) is 13.7. The number of nitrogens with zero attached hydrogens (tertiary/aromatic N) is 5. The van der Waals surface area contributed by atoms with Gasteiger partial charge in [-0.05, 0) is 37.5 Å². The highest BCUT2D eigenvalue weighted by molar-refractivity contribution is 14.0. The molecule has 1 aromatic carbocycles. The van der Waals surface area contributed by atoms with Crippen LogP contribution < -0.4 is 15.0 Å². The molecule has 2 heterocycles. The second-order valence-electron chi connectivity index (χ2n) is 7.01. The number of aromatic nitrogens is 2. The van der Waals surface area contributed by atoms with Gasteiger partial charge >= 0.3 is 0 Å². The van der Waals surface area contributed by atoms with Crippen molar-refractivity contribution >= 4 is 35.6 Å². The quantitative estimate of drug-likeness (QED) is 0.268. The number of benzene rings is 1. The number of methoxy groups -OCH3 is 1. The van der Waals surface area contributed by atoms with Crippen molar-refractivity contribution in [2.24, 2.45) is 12.0 Å². The second kappa shape index (κ2) is 11.9. The smallest absolute Gasteiger partial charge is 0.194 e. The maximum Gasteiger partial charge on any atom is 0.194 e. The zero-order valence-electron chi connectivity index (χ0n) is 17.7. The highest BCUT2D eigenvalue weighted by atomic mass is 127. The van der Waals surface area contributed by atoms with E-state index in [2.05, 4.69) is 45.5 Å². The van der Waals surface area contributed by atoms with Crippen LogP contribution in [0.25, 0.3) is 0 Å². The van der Waals surface area contributed by atoms with Crippen LogP contribution in [0.5, 0.6) is 5.75 Å². The first-order valence-electron chi connectivity index (χ1n) is 10.1.